The van der Waals surface area contributed by atoms with Gasteiger partial charge in [0.05, 0.1) is 11.4 Å². The van der Waals surface area contributed by atoms with Gasteiger partial charge in [0, 0.05) is 4.91 Å². The van der Waals surface area contributed by atoms with E-state index >= 15 is 0 Å². The molecular weight excluding hydrogens is 232 g/mol. The van der Waals surface area contributed by atoms with Gasteiger partial charge in [-0.1, -0.05) is 22.9 Å². The molecular formula is C11H10N6O. The molecule has 0 saturated carbocycles. The van der Waals surface area contributed by atoms with Crippen molar-refractivity contribution in [3.63, 3.8) is 0 Å². The van der Waals surface area contributed by atoms with Crippen LogP contribution in [0.4, 0.5) is 0 Å². The number of hydrogen-bond donors (Lipinski definition) is 0. The summed E-state index contributed by atoms with van der Waals surface area (Å²) in [6.07, 6.45) is 0. The monoisotopic (exact) mass is 242 g/mol. The van der Waals surface area contributed by atoms with Crippen molar-refractivity contribution >= 4 is 5.91 Å². The lowest BCUT2D eigenvalue weighted by Crippen LogP contribution is -2.01. The second-order valence-electron chi connectivity index (χ2n) is 3.77. The van der Waals surface area contributed by atoms with E-state index < -0.39 is 5.91 Å². The summed E-state index contributed by atoms with van der Waals surface area (Å²) in [6, 6.07) is 7.62. The molecule has 1 aromatic carbocycles. The van der Waals surface area contributed by atoms with Crippen molar-refractivity contribution in [3.05, 3.63) is 51.7 Å². The minimum atomic E-state index is -0.728. The predicted octanol–water partition coefficient (Wildman–Crippen LogP) is 2.33. The highest BCUT2D eigenvalue weighted by atomic mass is 16.2. The summed E-state index contributed by atoms with van der Waals surface area (Å²) in [5.41, 5.74) is 10.8. The maximum atomic E-state index is 11.4. The first kappa shape index (κ1) is 11.8. The number of rotatable bonds is 2. The molecule has 0 N–H and O–H groups in total. The minimum absolute atomic E-state index is 0.0633. The molecule has 0 radical (unpaired) electrons. The molecule has 1 heterocycles. The highest BCUT2D eigenvalue weighted by molar-refractivity contribution is 5.93. The summed E-state index contributed by atoms with van der Waals surface area (Å²) < 4.78 is 1.53. The Kier molecular flexibility index (Phi) is 3.07. The first-order valence-corrected chi connectivity index (χ1v) is 5.22. The number of carbonyl (C=O) groups is 1. The molecule has 0 aliphatic rings. The van der Waals surface area contributed by atoms with E-state index in [0.717, 1.165) is 11.3 Å². The lowest BCUT2D eigenvalue weighted by Gasteiger charge is -2.03. The maximum Gasteiger partial charge on any atom is 0.271 e. The molecule has 2 aromatic rings. The fourth-order valence-electron chi connectivity index (χ4n) is 1.55. The zero-order chi connectivity index (χ0) is 13.1. The van der Waals surface area contributed by atoms with Crippen LogP contribution in [0.1, 0.15) is 21.7 Å². The van der Waals surface area contributed by atoms with Crippen molar-refractivity contribution in [2.24, 2.45) is 5.11 Å². The highest BCUT2D eigenvalue weighted by Gasteiger charge is 2.15. The number of aryl methyl sites for hydroxylation is 1. The molecule has 1 aromatic heterocycles. The lowest BCUT2D eigenvalue weighted by atomic mass is 10.2. The molecule has 0 spiro atoms. The van der Waals surface area contributed by atoms with E-state index in [0.29, 0.717) is 5.69 Å². The number of aromatic nitrogens is 3. The summed E-state index contributed by atoms with van der Waals surface area (Å²) in [4.78, 5) is 13.9. The summed E-state index contributed by atoms with van der Waals surface area (Å²) in [7, 11) is 0. The molecule has 90 valence electrons. The molecule has 0 bridgehead atoms. The average Bonchev–Trinajstić information content (AvgIpc) is 2.73. The van der Waals surface area contributed by atoms with Gasteiger partial charge in [-0.3, -0.25) is 4.79 Å². The Morgan fingerprint density at radius 3 is 2.61 bits per heavy atom. The van der Waals surface area contributed by atoms with Crippen LogP contribution in [-0.4, -0.2) is 20.9 Å². The van der Waals surface area contributed by atoms with E-state index in [1.54, 1.807) is 6.92 Å². The number of benzene rings is 1. The Morgan fingerprint density at radius 2 is 2.00 bits per heavy atom. The van der Waals surface area contributed by atoms with Gasteiger partial charge >= 0.3 is 0 Å². The molecule has 1 amide bonds. The third kappa shape index (κ3) is 2.07. The molecule has 2 rings (SSSR count). The predicted molar refractivity (Wildman–Crippen MR) is 64.3 cm³/mol. The number of hydrogen-bond acceptors (Lipinski definition) is 3. The van der Waals surface area contributed by atoms with E-state index in [-0.39, 0.29) is 5.69 Å². The number of nitrogens with zero attached hydrogens (tertiary/aromatic N) is 6. The standard InChI is InChI=1S/C11H10N6O/c1-7-3-5-9(6-4-7)17-8(2)10(13-16-17)11(18)14-15-12/h3-6H,1-2H3. The molecule has 0 atom stereocenters. The van der Waals surface area contributed by atoms with Crippen LogP contribution >= 0.6 is 0 Å². The smallest absolute Gasteiger partial charge is 0.271 e. The number of azide groups is 1. The van der Waals surface area contributed by atoms with Crippen molar-refractivity contribution in [2.75, 3.05) is 0 Å². The number of carbonyl (C=O) groups excluding carboxylic acids is 1. The van der Waals surface area contributed by atoms with Gasteiger partial charge in [-0.15, -0.1) is 5.10 Å². The Morgan fingerprint density at radius 1 is 1.33 bits per heavy atom. The van der Waals surface area contributed by atoms with Gasteiger partial charge in [0.15, 0.2) is 5.69 Å². The van der Waals surface area contributed by atoms with Crippen molar-refractivity contribution in [1.82, 2.24) is 15.0 Å². The van der Waals surface area contributed by atoms with Gasteiger partial charge < -0.3 is 0 Å². The molecule has 0 aliphatic heterocycles. The number of amides is 1. The van der Waals surface area contributed by atoms with Crippen LogP contribution in [-0.2, 0) is 0 Å². The van der Waals surface area contributed by atoms with Crippen LogP contribution < -0.4 is 0 Å². The average molecular weight is 242 g/mol. The Hall–Kier alpha value is -2.66. The largest absolute Gasteiger partial charge is 0.285 e. The molecule has 0 aliphatic carbocycles. The topological polar surface area (TPSA) is 96.5 Å². The first-order valence-electron chi connectivity index (χ1n) is 5.22. The van der Waals surface area contributed by atoms with Crippen molar-refractivity contribution < 1.29 is 4.79 Å². The zero-order valence-corrected chi connectivity index (χ0v) is 9.90. The summed E-state index contributed by atoms with van der Waals surface area (Å²) in [6.45, 7) is 3.68. The van der Waals surface area contributed by atoms with Crippen LogP contribution in [0.25, 0.3) is 16.1 Å². The molecule has 0 fully saturated rings. The van der Waals surface area contributed by atoms with Gasteiger partial charge in [-0.25, -0.2) is 4.68 Å². The maximum absolute atomic E-state index is 11.4. The summed E-state index contributed by atoms with van der Waals surface area (Å²) >= 11 is 0. The van der Waals surface area contributed by atoms with E-state index in [1.807, 2.05) is 31.2 Å². The highest BCUT2D eigenvalue weighted by Crippen LogP contribution is 2.13. The quantitative estimate of drug-likeness (QED) is 0.459. The second kappa shape index (κ2) is 4.68. The fourth-order valence-corrected chi connectivity index (χ4v) is 1.55. The van der Waals surface area contributed by atoms with E-state index in [4.69, 9.17) is 5.53 Å². The van der Waals surface area contributed by atoms with Crippen molar-refractivity contribution in [2.45, 2.75) is 13.8 Å². The fraction of sp³-hybridized carbons (Fsp3) is 0.182. The lowest BCUT2D eigenvalue weighted by molar-refractivity contribution is 0.0995. The van der Waals surface area contributed by atoms with Gasteiger partial charge in [0.1, 0.15) is 0 Å². The zero-order valence-electron chi connectivity index (χ0n) is 9.90. The van der Waals surface area contributed by atoms with Crippen LogP contribution in [0.5, 0.6) is 0 Å². The van der Waals surface area contributed by atoms with Crippen LogP contribution in [0, 0.1) is 13.8 Å². The molecule has 18 heavy (non-hydrogen) atoms. The normalized spacial score (nSPS) is 9.89. The second-order valence-corrected chi connectivity index (χ2v) is 3.77. The van der Waals surface area contributed by atoms with E-state index in [9.17, 15) is 4.79 Å². The van der Waals surface area contributed by atoms with E-state index in [2.05, 4.69) is 20.3 Å². The van der Waals surface area contributed by atoms with Gasteiger partial charge in [-0.2, -0.15) is 0 Å². The van der Waals surface area contributed by atoms with Crippen LogP contribution in [0.15, 0.2) is 29.4 Å². The van der Waals surface area contributed by atoms with Gasteiger partial charge in [0.2, 0.25) is 0 Å². The van der Waals surface area contributed by atoms with Gasteiger partial charge in [0.25, 0.3) is 5.91 Å². The summed E-state index contributed by atoms with van der Waals surface area (Å²) in [5, 5.41) is 10.6. The summed E-state index contributed by atoms with van der Waals surface area (Å²) in [5.74, 6) is -0.728. The van der Waals surface area contributed by atoms with E-state index in [1.165, 1.54) is 4.68 Å². The molecule has 0 unspecified atom stereocenters. The third-order valence-corrected chi connectivity index (χ3v) is 2.51. The molecule has 7 nitrogen and oxygen atoms in total. The first-order chi connectivity index (χ1) is 8.63. The van der Waals surface area contributed by atoms with Crippen LogP contribution in [0.2, 0.25) is 0 Å². The van der Waals surface area contributed by atoms with Crippen molar-refractivity contribution in [3.8, 4) is 5.69 Å². The van der Waals surface area contributed by atoms with Crippen LogP contribution in [0.3, 0.4) is 0 Å². The Bertz CT molecular complexity index is 636. The Labute approximate surface area is 103 Å². The Balaban J connectivity index is 2.45. The SMILES string of the molecule is Cc1ccc(-n2nnc(C(=O)N=[N+]=[N-])c2C)cc1. The third-order valence-electron chi connectivity index (χ3n) is 2.51. The minimum Gasteiger partial charge on any atom is -0.285 e. The van der Waals surface area contributed by atoms with Crippen molar-refractivity contribution in [1.29, 1.82) is 0 Å². The molecule has 7 heteroatoms. The molecule has 0 saturated heterocycles. The van der Waals surface area contributed by atoms with Gasteiger partial charge in [-0.05, 0) is 36.6 Å².